The number of anilines is 1. The first kappa shape index (κ1) is 20.8. The molecule has 0 aliphatic heterocycles. The minimum absolute atomic E-state index is 0.237. The lowest BCUT2D eigenvalue weighted by Crippen LogP contribution is -2.02. The molecule has 164 valence electrons. The predicted molar refractivity (Wildman–Crippen MR) is 124 cm³/mol. The highest BCUT2D eigenvalue weighted by molar-refractivity contribution is 6.17. The fourth-order valence-electron chi connectivity index (χ4n) is 3.43. The van der Waals surface area contributed by atoms with E-state index in [9.17, 15) is 4.39 Å². The average Bonchev–Trinajstić information content (AvgIpc) is 3.23. The topological polar surface area (TPSA) is 105 Å². The smallest absolute Gasteiger partial charge is 0.228 e. The van der Waals surface area contributed by atoms with E-state index in [0.717, 1.165) is 11.3 Å². The Morgan fingerprint density at radius 3 is 2.45 bits per heavy atom. The highest BCUT2D eigenvalue weighted by Gasteiger charge is 2.19. The van der Waals surface area contributed by atoms with E-state index in [1.807, 2.05) is 41.0 Å². The van der Waals surface area contributed by atoms with Gasteiger partial charge in [-0.1, -0.05) is 12.1 Å². The molecular formula is C23H17ClFN7O. The van der Waals surface area contributed by atoms with Crippen LogP contribution in [0.1, 0.15) is 5.56 Å². The summed E-state index contributed by atoms with van der Waals surface area (Å²) >= 11 is 5.97. The number of hydrogen-bond acceptors (Lipinski definition) is 7. The van der Waals surface area contributed by atoms with Gasteiger partial charge in [0, 0.05) is 17.8 Å². The van der Waals surface area contributed by atoms with Crippen LogP contribution in [0.3, 0.4) is 0 Å². The second kappa shape index (κ2) is 8.79. The number of alkyl halides is 2. The van der Waals surface area contributed by atoms with Gasteiger partial charge < -0.3 is 10.5 Å². The van der Waals surface area contributed by atoms with Crippen molar-refractivity contribution in [3.05, 3.63) is 72.7 Å². The Labute approximate surface area is 192 Å². The molecule has 0 saturated carbocycles. The third-order valence-corrected chi connectivity index (χ3v) is 5.32. The number of aromatic nitrogens is 6. The monoisotopic (exact) mass is 461 g/mol. The van der Waals surface area contributed by atoms with E-state index < -0.39 is 6.86 Å². The van der Waals surface area contributed by atoms with Gasteiger partial charge >= 0.3 is 0 Å². The van der Waals surface area contributed by atoms with Gasteiger partial charge in [0.25, 0.3) is 0 Å². The maximum absolute atomic E-state index is 12.4. The summed E-state index contributed by atoms with van der Waals surface area (Å²) in [6.45, 7) is -0.950. The SMILES string of the molecule is Nc1ncccc1-c1nc2ccc(-c3ncc(OCF)cn3)nc2n1-c1ccc(CCl)cc1. The van der Waals surface area contributed by atoms with Crippen molar-refractivity contribution in [3.8, 4) is 34.3 Å². The molecule has 0 bridgehead atoms. The van der Waals surface area contributed by atoms with Crippen LogP contribution < -0.4 is 10.5 Å². The van der Waals surface area contributed by atoms with Gasteiger partial charge in [0.15, 0.2) is 23.0 Å². The molecule has 5 rings (SSSR count). The van der Waals surface area contributed by atoms with Crippen LogP contribution in [0.2, 0.25) is 0 Å². The predicted octanol–water partition coefficient (Wildman–Crippen LogP) is 4.57. The summed E-state index contributed by atoms with van der Waals surface area (Å²) in [5.41, 5.74) is 10.5. The van der Waals surface area contributed by atoms with E-state index in [0.29, 0.717) is 45.8 Å². The summed E-state index contributed by atoms with van der Waals surface area (Å²) in [5.74, 6) is 1.98. The summed E-state index contributed by atoms with van der Waals surface area (Å²) in [5, 5.41) is 0. The van der Waals surface area contributed by atoms with E-state index in [2.05, 4.69) is 15.0 Å². The number of ether oxygens (including phenoxy) is 1. The number of nitrogens with zero attached hydrogens (tertiary/aromatic N) is 6. The van der Waals surface area contributed by atoms with Crippen molar-refractivity contribution in [2.24, 2.45) is 0 Å². The number of pyridine rings is 2. The fourth-order valence-corrected chi connectivity index (χ4v) is 3.61. The van der Waals surface area contributed by atoms with Gasteiger partial charge in [-0.25, -0.2) is 29.3 Å². The molecule has 1 aromatic carbocycles. The minimum Gasteiger partial charge on any atom is -0.460 e. The lowest BCUT2D eigenvalue weighted by Gasteiger charge is -2.11. The van der Waals surface area contributed by atoms with E-state index >= 15 is 0 Å². The number of hydrogen-bond donors (Lipinski definition) is 1. The molecule has 33 heavy (non-hydrogen) atoms. The Bertz CT molecular complexity index is 1420. The largest absolute Gasteiger partial charge is 0.460 e. The summed E-state index contributed by atoms with van der Waals surface area (Å²) in [4.78, 5) is 22.3. The van der Waals surface area contributed by atoms with Crippen LogP contribution in [-0.4, -0.2) is 36.3 Å². The van der Waals surface area contributed by atoms with Gasteiger partial charge in [-0.3, -0.25) is 4.57 Å². The first-order valence-corrected chi connectivity index (χ1v) is 10.5. The Morgan fingerprint density at radius 2 is 1.76 bits per heavy atom. The van der Waals surface area contributed by atoms with E-state index in [1.54, 1.807) is 18.3 Å². The molecule has 0 amide bonds. The van der Waals surface area contributed by atoms with Gasteiger partial charge in [0.1, 0.15) is 17.0 Å². The van der Waals surface area contributed by atoms with Gasteiger partial charge in [-0.2, -0.15) is 0 Å². The lowest BCUT2D eigenvalue weighted by molar-refractivity contribution is 0.190. The van der Waals surface area contributed by atoms with E-state index in [-0.39, 0.29) is 5.75 Å². The Balaban J connectivity index is 1.71. The molecule has 4 heterocycles. The van der Waals surface area contributed by atoms with Crippen molar-refractivity contribution in [2.45, 2.75) is 5.88 Å². The minimum atomic E-state index is -0.950. The number of halogens is 2. The second-order valence-electron chi connectivity index (χ2n) is 7.04. The number of imidazole rings is 1. The molecular weight excluding hydrogens is 445 g/mol. The molecule has 0 saturated heterocycles. The Morgan fingerprint density at radius 1 is 0.970 bits per heavy atom. The van der Waals surface area contributed by atoms with Crippen LogP contribution in [0.15, 0.2) is 67.1 Å². The summed E-state index contributed by atoms with van der Waals surface area (Å²) < 4.78 is 19.1. The highest BCUT2D eigenvalue weighted by Crippen LogP contribution is 2.31. The van der Waals surface area contributed by atoms with Gasteiger partial charge in [0.05, 0.1) is 18.0 Å². The van der Waals surface area contributed by atoms with Crippen LogP contribution in [-0.2, 0) is 5.88 Å². The summed E-state index contributed by atoms with van der Waals surface area (Å²) in [6.07, 6.45) is 4.43. The second-order valence-corrected chi connectivity index (χ2v) is 7.31. The van der Waals surface area contributed by atoms with Crippen molar-refractivity contribution < 1.29 is 9.13 Å². The van der Waals surface area contributed by atoms with E-state index in [1.165, 1.54) is 12.4 Å². The molecule has 0 radical (unpaired) electrons. The van der Waals surface area contributed by atoms with Crippen LogP contribution >= 0.6 is 11.6 Å². The molecule has 0 atom stereocenters. The lowest BCUT2D eigenvalue weighted by atomic mass is 10.2. The molecule has 0 aliphatic carbocycles. The number of rotatable bonds is 6. The number of nitrogen functional groups attached to an aromatic ring is 1. The fraction of sp³-hybridized carbons (Fsp3) is 0.0870. The third kappa shape index (κ3) is 3.94. The molecule has 10 heteroatoms. The average molecular weight is 462 g/mol. The van der Waals surface area contributed by atoms with Crippen LogP contribution in [0.5, 0.6) is 5.75 Å². The molecule has 0 aliphatic rings. The van der Waals surface area contributed by atoms with Gasteiger partial charge in [-0.15, -0.1) is 11.6 Å². The summed E-state index contributed by atoms with van der Waals surface area (Å²) in [6, 6.07) is 15.1. The van der Waals surface area contributed by atoms with Gasteiger partial charge in [-0.05, 0) is 42.0 Å². The van der Waals surface area contributed by atoms with Crippen molar-refractivity contribution in [2.75, 3.05) is 12.6 Å². The Hall–Kier alpha value is -4.11. The third-order valence-electron chi connectivity index (χ3n) is 5.01. The van der Waals surface area contributed by atoms with Crippen LogP contribution in [0, 0.1) is 0 Å². The zero-order chi connectivity index (χ0) is 22.8. The van der Waals surface area contributed by atoms with Crippen LogP contribution in [0.4, 0.5) is 10.2 Å². The molecule has 0 spiro atoms. The quantitative estimate of drug-likeness (QED) is 0.369. The zero-order valence-corrected chi connectivity index (χ0v) is 17.9. The maximum atomic E-state index is 12.4. The molecule has 8 nitrogen and oxygen atoms in total. The first-order chi connectivity index (χ1) is 16.2. The summed E-state index contributed by atoms with van der Waals surface area (Å²) in [7, 11) is 0. The number of nitrogens with two attached hydrogens (primary N) is 1. The first-order valence-electron chi connectivity index (χ1n) is 9.94. The van der Waals surface area contributed by atoms with Crippen LogP contribution in [0.25, 0.3) is 39.8 Å². The molecule has 0 unspecified atom stereocenters. The van der Waals surface area contributed by atoms with Crippen molar-refractivity contribution >= 4 is 28.6 Å². The zero-order valence-electron chi connectivity index (χ0n) is 17.2. The molecule has 2 N–H and O–H groups in total. The van der Waals surface area contributed by atoms with E-state index in [4.69, 9.17) is 32.0 Å². The van der Waals surface area contributed by atoms with Gasteiger partial charge in [0.2, 0.25) is 6.86 Å². The highest BCUT2D eigenvalue weighted by atomic mass is 35.5. The molecule has 0 fully saturated rings. The number of benzene rings is 1. The Kier molecular flexibility index (Phi) is 5.54. The normalized spacial score (nSPS) is 11.1. The van der Waals surface area contributed by atoms with Crippen molar-refractivity contribution in [1.29, 1.82) is 0 Å². The standard InChI is InChI=1S/C23H17ClFN7O/c24-10-14-3-5-15(6-4-14)32-22(17-2-1-9-27-20(17)26)31-19-8-7-18(30-23(19)32)21-28-11-16(12-29-21)33-13-25/h1-9,11-12H,10,13H2,(H2,26,27). The van der Waals surface area contributed by atoms with Crippen molar-refractivity contribution in [3.63, 3.8) is 0 Å². The molecule has 5 aromatic rings. The number of fused-ring (bicyclic) bond motifs is 1. The maximum Gasteiger partial charge on any atom is 0.228 e. The molecule has 4 aromatic heterocycles. The van der Waals surface area contributed by atoms with Crippen molar-refractivity contribution in [1.82, 2.24) is 29.5 Å².